The van der Waals surface area contributed by atoms with Gasteiger partial charge < -0.3 is 10.4 Å². The van der Waals surface area contributed by atoms with Gasteiger partial charge in [0.05, 0.1) is 17.6 Å². The Bertz CT molecular complexity index is 431. The van der Waals surface area contributed by atoms with Gasteiger partial charge in [-0.25, -0.2) is 8.42 Å². The summed E-state index contributed by atoms with van der Waals surface area (Å²) in [6.07, 6.45) is 6.34. The predicted molar refractivity (Wildman–Crippen MR) is 65.3 cm³/mol. The fourth-order valence-electron chi connectivity index (χ4n) is 3.46. The highest BCUT2D eigenvalue weighted by molar-refractivity contribution is 7.91. The van der Waals surface area contributed by atoms with Crippen LogP contribution < -0.4 is 5.32 Å². The van der Waals surface area contributed by atoms with Gasteiger partial charge >= 0.3 is 0 Å². The molecule has 1 saturated carbocycles. The minimum atomic E-state index is -3.03. The van der Waals surface area contributed by atoms with E-state index in [2.05, 4.69) is 17.5 Å². The highest BCUT2D eigenvalue weighted by atomic mass is 32.2. The molecule has 2 aliphatic carbocycles. The number of hydrogen-bond acceptors (Lipinski definition) is 4. The van der Waals surface area contributed by atoms with E-state index in [0.29, 0.717) is 11.8 Å². The van der Waals surface area contributed by atoms with Crippen LogP contribution in [0.15, 0.2) is 12.2 Å². The first-order valence-electron chi connectivity index (χ1n) is 6.34. The molecule has 0 aromatic carbocycles. The van der Waals surface area contributed by atoms with E-state index in [-0.39, 0.29) is 17.5 Å². The molecule has 2 N–H and O–H groups in total. The van der Waals surface area contributed by atoms with E-state index in [0.717, 1.165) is 12.5 Å². The van der Waals surface area contributed by atoms with Crippen LogP contribution in [0.3, 0.4) is 0 Å². The van der Waals surface area contributed by atoms with Gasteiger partial charge in [-0.05, 0) is 37.1 Å². The maximum atomic E-state index is 11.4. The Morgan fingerprint density at radius 1 is 1.24 bits per heavy atom. The molecule has 1 heterocycles. The zero-order chi connectivity index (χ0) is 12.0. The van der Waals surface area contributed by atoms with Crippen LogP contribution in [0, 0.1) is 17.8 Å². The van der Waals surface area contributed by atoms with E-state index in [1.54, 1.807) is 0 Å². The van der Waals surface area contributed by atoms with Crippen molar-refractivity contribution in [2.24, 2.45) is 17.8 Å². The van der Waals surface area contributed by atoms with Gasteiger partial charge in [0.1, 0.15) is 0 Å². The van der Waals surface area contributed by atoms with Crippen molar-refractivity contribution in [1.29, 1.82) is 0 Å². The Hall–Kier alpha value is -0.390. The molecule has 2 bridgehead atoms. The third-order valence-electron chi connectivity index (χ3n) is 4.38. The van der Waals surface area contributed by atoms with Crippen molar-refractivity contribution < 1.29 is 13.5 Å². The van der Waals surface area contributed by atoms with Crippen LogP contribution in [0.4, 0.5) is 0 Å². The SMILES string of the molecule is O=S1(=O)C[C@H](NC[C@@H]2C[C@H]3C=C[C@H]2C3)[C@@H](O)C1. The summed E-state index contributed by atoms with van der Waals surface area (Å²) in [5.41, 5.74) is 0. The Morgan fingerprint density at radius 3 is 2.59 bits per heavy atom. The molecule has 17 heavy (non-hydrogen) atoms. The zero-order valence-corrected chi connectivity index (χ0v) is 10.6. The number of hydrogen-bond donors (Lipinski definition) is 2. The lowest BCUT2D eigenvalue weighted by atomic mass is 9.93. The molecule has 0 amide bonds. The van der Waals surface area contributed by atoms with Crippen LogP contribution in [0.25, 0.3) is 0 Å². The molecule has 0 aromatic heterocycles. The minimum Gasteiger partial charge on any atom is -0.390 e. The monoisotopic (exact) mass is 257 g/mol. The van der Waals surface area contributed by atoms with Crippen LogP contribution in [0.2, 0.25) is 0 Å². The maximum Gasteiger partial charge on any atom is 0.154 e. The van der Waals surface area contributed by atoms with E-state index in [1.807, 2.05) is 0 Å². The number of aliphatic hydroxyl groups excluding tert-OH is 1. The quantitative estimate of drug-likeness (QED) is 0.696. The van der Waals surface area contributed by atoms with E-state index < -0.39 is 15.9 Å². The fraction of sp³-hybridized carbons (Fsp3) is 0.833. The second kappa shape index (κ2) is 4.07. The molecule has 3 rings (SSSR count). The molecule has 5 atom stereocenters. The second-order valence-electron chi connectivity index (χ2n) is 5.70. The Kier molecular flexibility index (Phi) is 2.80. The number of fused-ring (bicyclic) bond motifs is 2. The first-order chi connectivity index (χ1) is 8.03. The molecule has 5 heteroatoms. The summed E-state index contributed by atoms with van der Waals surface area (Å²) in [6, 6.07) is -0.261. The molecule has 0 spiro atoms. The summed E-state index contributed by atoms with van der Waals surface area (Å²) >= 11 is 0. The largest absolute Gasteiger partial charge is 0.390 e. The first kappa shape index (κ1) is 11.7. The topological polar surface area (TPSA) is 66.4 Å². The van der Waals surface area contributed by atoms with E-state index in [1.165, 1.54) is 12.8 Å². The average molecular weight is 257 g/mol. The van der Waals surface area contributed by atoms with Crippen molar-refractivity contribution in [3.8, 4) is 0 Å². The van der Waals surface area contributed by atoms with Crippen LogP contribution in [-0.4, -0.2) is 43.7 Å². The average Bonchev–Trinajstić information content (AvgIpc) is 2.89. The summed E-state index contributed by atoms with van der Waals surface area (Å²) in [5.74, 6) is 2.04. The molecular weight excluding hydrogens is 238 g/mol. The van der Waals surface area contributed by atoms with Crippen molar-refractivity contribution >= 4 is 9.84 Å². The number of aliphatic hydroxyl groups is 1. The summed E-state index contributed by atoms with van der Waals surface area (Å²) in [4.78, 5) is 0. The molecule has 0 aromatic rings. The van der Waals surface area contributed by atoms with Gasteiger partial charge in [-0.3, -0.25) is 0 Å². The fourth-order valence-corrected chi connectivity index (χ4v) is 5.23. The molecule has 2 fully saturated rings. The van der Waals surface area contributed by atoms with Crippen LogP contribution in [0.1, 0.15) is 12.8 Å². The first-order valence-corrected chi connectivity index (χ1v) is 8.16. The van der Waals surface area contributed by atoms with Crippen molar-refractivity contribution in [2.75, 3.05) is 18.1 Å². The van der Waals surface area contributed by atoms with Crippen LogP contribution in [0.5, 0.6) is 0 Å². The molecule has 0 unspecified atom stereocenters. The molecular formula is C12H19NO3S. The smallest absolute Gasteiger partial charge is 0.154 e. The molecule has 3 aliphatic rings. The van der Waals surface area contributed by atoms with Gasteiger partial charge in [0.25, 0.3) is 0 Å². The number of sulfone groups is 1. The summed E-state index contributed by atoms with van der Waals surface area (Å²) < 4.78 is 22.7. The van der Waals surface area contributed by atoms with Crippen LogP contribution in [-0.2, 0) is 9.84 Å². The van der Waals surface area contributed by atoms with Gasteiger partial charge in [-0.15, -0.1) is 0 Å². The van der Waals surface area contributed by atoms with Gasteiger partial charge in [-0.2, -0.15) is 0 Å². The van der Waals surface area contributed by atoms with Gasteiger partial charge in [-0.1, -0.05) is 12.2 Å². The normalized spacial score (nSPS) is 46.8. The predicted octanol–water partition coefficient (Wildman–Crippen LogP) is -0.0539. The lowest BCUT2D eigenvalue weighted by molar-refractivity contribution is 0.162. The van der Waals surface area contributed by atoms with E-state index >= 15 is 0 Å². The van der Waals surface area contributed by atoms with Crippen molar-refractivity contribution in [2.45, 2.75) is 25.0 Å². The number of nitrogens with one attached hydrogen (secondary N) is 1. The second-order valence-corrected chi connectivity index (χ2v) is 7.85. The Morgan fingerprint density at radius 2 is 2.06 bits per heavy atom. The molecule has 4 nitrogen and oxygen atoms in total. The Balaban J connectivity index is 1.54. The maximum absolute atomic E-state index is 11.4. The number of allylic oxidation sites excluding steroid dienone is 2. The van der Waals surface area contributed by atoms with Crippen molar-refractivity contribution in [3.63, 3.8) is 0 Å². The molecule has 0 radical (unpaired) electrons. The van der Waals surface area contributed by atoms with Gasteiger partial charge in [0, 0.05) is 6.04 Å². The Labute approximate surface area is 102 Å². The third-order valence-corrected chi connectivity index (χ3v) is 6.10. The van der Waals surface area contributed by atoms with Crippen LogP contribution >= 0.6 is 0 Å². The highest BCUT2D eigenvalue weighted by Crippen LogP contribution is 2.43. The molecule has 96 valence electrons. The summed E-state index contributed by atoms with van der Waals surface area (Å²) in [7, 11) is -3.03. The highest BCUT2D eigenvalue weighted by Gasteiger charge is 2.39. The lowest BCUT2D eigenvalue weighted by Gasteiger charge is -2.22. The molecule has 1 aliphatic heterocycles. The minimum absolute atomic E-state index is 0.0821. The number of rotatable bonds is 3. The lowest BCUT2D eigenvalue weighted by Crippen LogP contribution is -2.41. The van der Waals surface area contributed by atoms with Crippen molar-refractivity contribution in [1.82, 2.24) is 5.32 Å². The standard InChI is InChI=1S/C12H19NO3S/c14-12-7-17(15,16)6-11(12)13-5-10-4-8-1-2-9(10)3-8/h1-2,8-14H,3-7H2/t8-,9-,10-,11-,12-/m0/s1. The summed E-state index contributed by atoms with van der Waals surface area (Å²) in [6.45, 7) is 0.836. The van der Waals surface area contributed by atoms with Gasteiger partial charge in [0.2, 0.25) is 0 Å². The van der Waals surface area contributed by atoms with Gasteiger partial charge in [0.15, 0.2) is 9.84 Å². The van der Waals surface area contributed by atoms with E-state index in [4.69, 9.17) is 0 Å². The van der Waals surface area contributed by atoms with Crippen molar-refractivity contribution in [3.05, 3.63) is 12.2 Å². The third kappa shape index (κ3) is 2.28. The van der Waals surface area contributed by atoms with E-state index in [9.17, 15) is 13.5 Å². The summed E-state index contributed by atoms with van der Waals surface area (Å²) in [5, 5.41) is 12.9. The molecule has 1 saturated heterocycles. The zero-order valence-electron chi connectivity index (χ0n) is 9.75.